The molecule has 0 saturated heterocycles. The Hall–Kier alpha value is -3.75. The smallest absolute Gasteiger partial charge is 0.329 e. The zero-order valence-electron chi connectivity index (χ0n) is 25.5. The summed E-state index contributed by atoms with van der Waals surface area (Å²) in [5, 5.41) is 17.6. The van der Waals surface area contributed by atoms with Crippen LogP contribution in [-0.2, 0) is 39.5 Å². The van der Waals surface area contributed by atoms with E-state index in [9.17, 15) is 26.3 Å². The molecule has 0 N–H and O–H groups in total. The van der Waals surface area contributed by atoms with E-state index in [1.807, 2.05) is 20.0 Å². The SMILES string of the molecule is Cc1nn(C)c2nc(C(C)N(CC3CC3)CC3CC3)c(CN(Cc3cc(C(F)(F)F)cc(C(F)(F)F)c3)c3nnn(C)n3)cc12. The lowest BCUT2D eigenvalue weighted by atomic mass is 10.0. The van der Waals surface area contributed by atoms with Gasteiger partial charge in [0.2, 0.25) is 0 Å². The van der Waals surface area contributed by atoms with Crippen molar-refractivity contribution in [1.82, 2.24) is 39.9 Å². The number of fused-ring (bicyclic) bond motifs is 1. The zero-order chi connectivity index (χ0) is 32.3. The lowest BCUT2D eigenvalue weighted by Crippen LogP contribution is -2.33. The Kier molecular flexibility index (Phi) is 8.02. The Morgan fingerprint density at radius 3 is 1.98 bits per heavy atom. The number of tetrazole rings is 1. The number of pyridine rings is 1. The van der Waals surface area contributed by atoms with Crippen LogP contribution in [0, 0.1) is 18.8 Å². The van der Waals surface area contributed by atoms with E-state index in [1.54, 1.807) is 9.58 Å². The van der Waals surface area contributed by atoms with Gasteiger partial charge in [-0.05, 0) is 92.0 Å². The van der Waals surface area contributed by atoms with Crippen molar-refractivity contribution in [3.05, 3.63) is 57.9 Å². The summed E-state index contributed by atoms with van der Waals surface area (Å²) in [5.41, 5.74) is 0.0591. The molecule has 0 spiro atoms. The van der Waals surface area contributed by atoms with E-state index in [4.69, 9.17) is 4.98 Å². The highest BCUT2D eigenvalue weighted by Crippen LogP contribution is 2.39. The number of alkyl halides is 6. The Labute approximate surface area is 256 Å². The molecule has 0 amide bonds. The van der Waals surface area contributed by atoms with Gasteiger partial charge in [0.15, 0.2) is 5.65 Å². The van der Waals surface area contributed by atoms with E-state index >= 15 is 0 Å². The second-order valence-electron chi connectivity index (χ2n) is 12.5. The fraction of sp³-hybridized carbons (Fsp3) is 0.567. The van der Waals surface area contributed by atoms with Gasteiger partial charge in [-0.3, -0.25) is 9.58 Å². The van der Waals surface area contributed by atoms with E-state index in [1.165, 1.54) is 37.5 Å². The molecule has 2 fully saturated rings. The standard InChI is InChI=1S/C30H35F6N9/c1-17-25-11-22(26(37-27(25)42(3)39-17)18(2)44(13-19-5-6-19)14-20-7-8-20)16-45(28-38-41-43(4)40-28)15-21-9-23(29(31,32)33)12-24(10-21)30(34,35)36/h9-12,18-20H,5-8,13-16H2,1-4H3. The lowest BCUT2D eigenvalue weighted by Gasteiger charge is -2.31. The second-order valence-corrected chi connectivity index (χ2v) is 12.5. The number of hydrogen-bond acceptors (Lipinski definition) is 7. The van der Waals surface area contributed by atoms with E-state index < -0.39 is 23.5 Å². The highest BCUT2D eigenvalue weighted by Gasteiger charge is 2.38. The Balaban J connectivity index is 1.43. The Bertz CT molecular complexity index is 1640. The number of rotatable bonds is 11. The number of benzene rings is 1. The van der Waals surface area contributed by atoms with Gasteiger partial charge in [-0.15, -0.1) is 5.10 Å². The molecule has 2 saturated carbocycles. The average molecular weight is 636 g/mol. The van der Waals surface area contributed by atoms with Crippen LogP contribution in [0.15, 0.2) is 24.3 Å². The highest BCUT2D eigenvalue weighted by atomic mass is 19.4. The van der Waals surface area contributed by atoms with Crippen LogP contribution in [0.5, 0.6) is 0 Å². The minimum absolute atomic E-state index is 0.0675. The number of aromatic nitrogens is 7. The summed E-state index contributed by atoms with van der Waals surface area (Å²) in [4.78, 5) is 10.3. The molecular weight excluding hydrogens is 600 g/mol. The predicted molar refractivity (Wildman–Crippen MR) is 154 cm³/mol. The molecule has 242 valence electrons. The second kappa shape index (κ2) is 11.6. The van der Waals surface area contributed by atoms with Crippen molar-refractivity contribution in [3.63, 3.8) is 0 Å². The minimum Gasteiger partial charge on any atom is -0.329 e. The first-order valence-corrected chi connectivity index (χ1v) is 15.0. The van der Waals surface area contributed by atoms with E-state index in [2.05, 4.69) is 32.3 Å². The van der Waals surface area contributed by atoms with Crippen molar-refractivity contribution in [2.24, 2.45) is 25.9 Å². The minimum atomic E-state index is -4.96. The molecule has 4 aromatic rings. The molecule has 2 aliphatic carbocycles. The number of halogens is 6. The maximum Gasteiger partial charge on any atom is 0.416 e. The molecule has 15 heteroatoms. The van der Waals surface area contributed by atoms with Crippen molar-refractivity contribution in [2.75, 3.05) is 18.0 Å². The van der Waals surface area contributed by atoms with Gasteiger partial charge in [0, 0.05) is 44.7 Å². The maximum atomic E-state index is 13.7. The number of nitrogens with zero attached hydrogens (tertiary/aromatic N) is 9. The highest BCUT2D eigenvalue weighted by molar-refractivity contribution is 5.79. The van der Waals surface area contributed by atoms with Crippen molar-refractivity contribution < 1.29 is 26.3 Å². The maximum absolute atomic E-state index is 13.7. The first kappa shape index (κ1) is 31.2. The van der Waals surface area contributed by atoms with Gasteiger partial charge < -0.3 is 4.90 Å². The van der Waals surface area contributed by atoms with Crippen LogP contribution in [0.1, 0.15) is 72.3 Å². The van der Waals surface area contributed by atoms with Crippen LogP contribution in [-0.4, -0.2) is 53.0 Å². The Morgan fingerprint density at radius 1 is 0.867 bits per heavy atom. The van der Waals surface area contributed by atoms with E-state index in [0.29, 0.717) is 17.5 Å². The molecule has 3 heterocycles. The average Bonchev–Trinajstić information content (AvgIpc) is 3.89. The summed E-state index contributed by atoms with van der Waals surface area (Å²) in [5.74, 6) is 1.35. The molecule has 1 aromatic carbocycles. The van der Waals surface area contributed by atoms with Crippen molar-refractivity contribution in [3.8, 4) is 0 Å². The van der Waals surface area contributed by atoms with Gasteiger partial charge in [-0.2, -0.15) is 36.2 Å². The van der Waals surface area contributed by atoms with Crippen LogP contribution in [0.3, 0.4) is 0 Å². The molecule has 0 bridgehead atoms. The fourth-order valence-corrected chi connectivity index (χ4v) is 5.85. The summed E-state index contributed by atoms with van der Waals surface area (Å²) in [7, 11) is 3.36. The van der Waals surface area contributed by atoms with Crippen molar-refractivity contribution in [1.29, 1.82) is 0 Å². The van der Waals surface area contributed by atoms with E-state index in [0.717, 1.165) is 47.6 Å². The van der Waals surface area contributed by atoms with Crippen molar-refractivity contribution in [2.45, 2.75) is 71.0 Å². The summed E-state index contributed by atoms with van der Waals surface area (Å²) >= 11 is 0. The van der Waals surface area contributed by atoms with Crippen LogP contribution in [0.2, 0.25) is 0 Å². The third-order valence-electron chi connectivity index (χ3n) is 8.60. The topological polar surface area (TPSA) is 80.8 Å². The summed E-state index contributed by atoms with van der Waals surface area (Å²) < 4.78 is 83.9. The van der Waals surface area contributed by atoms with Gasteiger partial charge >= 0.3 is 12.4 Å². The summed E-state index contributed by atoms with van der Waals surface area (Å²) in [6, 6.07) is 3.48. The van der Waals surface area contributed by atoms with Crippen LogP contribution in [0.4, 0.5) is 32.3 Å². The molecule has 9 nitrogen and oxygen atoms in total. The van der Waals surface area contributed by atoms with Crippen LogP contribution in [0.25, 0.3) is 11.0 Å². The molecule has 3 aromatic heterocycles. The number of hydrogen-bond donors (Lipinski definition) is 0. The molecule has 45 heavy (non-hydrogen) atoms. The third kappa shape index (κ3) is 7.07. The van der Waals surface area contributed by atoms with Crippen molar-refractivity contribution >= 4 is 17.0 Å². The van der Waals surface area contributed by atoms with Gasteiger partial charge in [-0.25, -0.2) is 4.98 Å². The largest absolute Gasteiger partial charge is 0.416 e. The number of anilines is 1. The first-order valence-electron chi connectivity index (χ1n) is 15.0. The Morgan fingerprint density at radius 2 is 1.47 bits per heavy atom. The van der Waals surface area contributed by atoms with Gasteiger partial charge in [-0.1, -0.05) is 5.10 Å². The molecule has 1 atom stereocenters. The number of aryl methyl sites for hydroxylation is 3. The summed E-state index contributed by atoms with van der Waals surface area (Å²) in [6.07, 6.45) is -5.16. The van der Waals surface area contributed by atoms with E-state index in [-0.39, 0.29) is 36.7 Å². The van der Waals surface area contributed by atoms with Gasteiger partial charge in [0.1, 0.15) is 0 Å². The third-order valence-corrected chi connectivity index (χ3v) is 8.60. The summed E-state index contributed by atoms with van der Waals surface area (Å²) in [6.45, 7) is 5.61. The molecular formula is C30H35F6N9. The lowest BCUT2D eigenvalue weighted by molar-refractivity contribution is -0.143. The molecule has 2 aliphatic rings. The molecule has 6 rings (SSSR count). The van der Waals surface area contributed by atoms with Gasteiger partial charge in [0.05, 0.1) is 29.6 Å². The van der Waals surface area contributed by atoms with Crippen LogP contribution >= 0.6 is 0 Å². The normalized spacial score (nSPS) is 16.6. The quantitative estimate of drug-likeness (QED) is 0.181. The fourth-order valence-electron chi connectivity index (χ4n) is 5.85. The van der Waals surface area contributed by atoms with Gasteiger partial charge in [0.25, 0.3) is 5.95 Å². The monoisotopic (exact) mass is 635 g/mol. The first-order chi connectivity index (χ1) is 21.2. The predicted octanol–water partition coefficient (Wildman–Crippen LogP) is 6.23. The molecule has 0 radical (unpaired) electrons. The zero-order valence-corrected chi connectivity index (χ0v) is 25.5. The molecule has 1 unspecified atom stereocenters. The van der Waals surface area contributed by atoms with Crippen LogP contribution < -0.4 is 4.90 Å². The molecule has 0 aliphatic heterocycles.